The van der Waals surface area contributed by atoms with E-state index in [2.05, 4.69) is 5.32 Å². The van der Waals surface area contributed by atoms with Crippen LogP contribution in [0.15, 0.2) is 12.1 Å². The molecule has 6 heteroatoms. The molecule has 1 unspecified atom stereocenters. The Morgan fingerprint density at radius 2 is 1.95 bits per heavy atom. The minimum atomic E-state index is -1.33. The molecule has 0 aromatic heterocycles. The molecule has 0 aliphatic carbocycles. The van der Waals surface area contributed by atoms with E-state index in [-0.39, 0.29) is 6.61 Å². The number of benzene rings is 1. The molecule has 0 spiro atoms. The highest BCUT2D eigenvalue weighted by Crippen LogP contribution is 2.43. The standard InChI is InChI=1S/C13H17N3O3/c1-3-13(12(18)19-4-2)7-5-8(14)9(15)6-10(7)16-11(13)17/h5-6H,3-4,14-15H2,1-2H3,(H,16,17). The molecule has 0 bridgehead atoms. The summed E-state index contributed by atoms with van der Waals surface area (Å²) in [7, 11) is 0. The highest BCUT2D eigenvalue weighted by atomic mass is 16.5. The number of carbonyl (C=O) groups is 2. The van der Waals surface area contributed by atoms with Crippen molar-refractivity contribution in [1.82, 2.24) is 0 Å². The summed E-state index contributed by atoms with van der Waals surface area (Å²) in [4.78, 5) is 24.4. The second kappa shape index (κ2) is 4.46. The Morgan fingerprint density at radius 1 is 1.32 bits per heavy atom. The number of fused-ring (bicyclic) bond motifs is 1. The molecule has 2 rings (SSSR count). The van der Waals surface area contributed by atoms with Gasteiger partial charge in [0, 0.05) is 11.3 Å². The van der Waals surface area contributed by atoms with E-state index in [1.807, 2.05) is 0 Å². The van der Waals surface area contributed by atoms with Crippen molar-refractivity contribution in [3.63, 3.8) is 0 Å². The van der Waals surface area contributed by atoms with Gasteiger partial charge in [0.05, 0.1) is 18.0 Å². The molecule has 1 amide bonds. The second-order valence-corrected chi connectivity index (χ2v) is 4.46. The molecule has 1 aromatic rings. The van der Waals surface area contributed by atoms with Crippen molar-refractivity contribution in [3.8, 4) is 0 Å². The average Bonchev–Trinajstić information content (AvgIpc) is 2.62. The van der Waals surface area contributed by atoms with Crippen molar-refractivity contribution < 1.29 is 14.3 Å². The summed E-state index contributed by atoms with van der Waals surface area (Å²) < 4.78 is 5.05. The van der Waals surface area contributed by atoms with Gasteiger partial charge in [0.2, 0.25) is 5.91 Å². The van der Waals surface area contributed by atoms with Crippen LogP contribution in [0.2, 0.25) is 0 Å². The summed E-state index contributed by atoms with van der Waals surface area (Å²) in [5.74, 6) is -0.952. The lowest BCUT2D eigenvalue weighted by atomic mass is 9.79. The Kier molecular flexibility index (Phi) is 3.09. The van der Waals surface area contributed by atoms with Gasteiger partial charge in [-0.2, -0.15) is 0 Å². The van der Waals surface area contributed by atoms with Crippen LogP contribution in [0.1, 0.15) is 25.8 Å². The maximum Gasteiger partial charge on any atom is 0.326 e. The predicted octanol–water partition coefficient (Wildman–Crippen LogP) is 1.01. The second-order valence-electron chi connectivity index (χ2n) is 4.46. The molecular weight excluding hydrogens is 246 g/mol. The van der Waals surface area contributed by atoms with Crippen molar-refractivity contribution >= 4 is 28.9 Å². The van der Waals surface area contributed by atoms with Crippen LogP contribution in [0.3, 0.4) is 0 Å². The maximum atomic E-state index is 12.2. The normalized spacial score (nSPS) is 20.8. The number of ether oxygens (including phenoxy) is 1. The van der Waals surface area contributed by atoms with Crippen molar-refractivity contribution in [2.24, 2.45) is 0 Å². The van der Waals surface area contributed by atoms with E-state index in [0.29, 0.717) is 29.0 Å². The molecule has 0 saturated carbocycles. The number of nitrogen functional groups attached to an aromatic ring is 2. The van der Waals surface area contributed by atoms with Crippen LogP contribution in [0, 0.1) is 0 Å². The van der Waals surface area contributed by atoms with Crippen LogP contribution in [0.4, 0.5) is 17.1 Å². The lowest BCUT2D eigenvalue weighted by Crippen LogP contribution is -2.43. The SMILES string of the molecule is CCOC(=O)C1(CC)C(=O)Nc2cc(N)c(N)cc21. The van der Waals surface area contributed by atoms with Gasteiger partial charge in [0.25, 0.3) is 0 Å². The lowest BCUT2D eigenvalue weighted by Gasteiger charge is -2.23. The number of anilines is 3. The van der Waals surface area contributed by atoms with Crippen LogP contribution >= 0.6 is 0 Å². The average molecular weight is 263 g/mol. The Morgan fingerprint density at radius 3 is 2.53 bits per heavy atom. The zero-order chi connectivity index (χ0) is 14.2. The molecule has 5 N–H and O–H groups in total. The first-order valence-electron chi connectivity index (χ1n) is 6.15. The summed E-state index contributed by atoms with van der Waals surface area (Å²) in [5.41, 5.74) is 11.9. The highest BCUT2D eigenvalue weighted by Gasteiger charge is 2.53. The van der Waals surface area contributed by atoms with Crippen LogP contribution in [-0.2, 0) is 19.7 Å². The fourth-order valence-electron chi connectivity index (χ4n) is 2.39. The minimum Gasteiger partial charge on any atom is -0.465 e. The van der Waals surface area contributed by atoms with E-state index in [4.69, 9.17) is 16.2 Å². The monoisotopic (exact) mass is 263 g/mol. The van der Waals surface area contributed by atoms with Gasteiger partial charge in [-0.3, -0.25) is 9.59 Å². The molecule has 1 aromatic carbocycles. The largest absolute Gasteiger partial charge is 0.465 e. The van der Waals surface area contributed by atoms with Crippen molar-refractivity contribution in [2.75, 3.05) is 23.4 Å². The van der Waals surface area contributed by atoms with E-state index in [9.17, 15) is 9.59 Å². The lowest BCUT2D eigenvalue weighted by molar-refractivity contribution is -0.153. The summed E-state index contributed by atoms with van der Waals surface area (Å²) in [6, 6.07) is 3.14. The maximum absolute atomic E-state index is 12.2. The molecule has 0 saturated heterocycles. The molecular formula is C13H17N3O3. The van der Waals surface area contributed by atoms with Gasteiger partial charge in [-0.15, -0.1) is 0 Å². The van der Waals surface area contributed by atoms with Gasteiger partial charge in [0.15, 0.2) is 5.41 Å². The predicted molar refractivity (Wildman–Crippen MR) is 72.5 cm³/mol. The first-order valence-corrected chi connectivity index (χ1v) is 6.15. The van der Waals surface area contributed by atoms with Crippen molar-refractivity contribution in [1.29, 1.82) is 0 Å². The Labute approximate surface area is 111 Å². The quantitative estimate of drug-likeness (QED) is 0.428. The molecule has 6 nitrogen and oxygen atoms in total. The van der Waals surface area contributed by atoms with Gasteiger partial charge >= 0.3 is 5.97 Å². The number of esters is 1. The minimum absolute atomic E-state index is 0.216. The van der Waals surface area contributed by atoms with Crippen LogP contribution in [0.5, 0.6) is 0 Å². The third-order valence-electron chi connectivity index (χ3n) is 3.47. The first-order chi connectivity index (χ1) is 8.97. The van der Waals surface area contributed by atoms with Gasteiger partial charge in [0.1, 0.15) is 0 Å². The molecule has 0 fully saturated rings. The molecule has 102 valence electrons. The summed E-state index contributed by atoms with van der Waals surface area (Å²) >= 11 is 0. The molecule has 1 aliphatic heterocycles. The molecule has 1 atom stereocenters. The Bertz CT molecular complexity index is 556. The van der Waals surface area contributed by atoms with Crippen molar-refractivity contribution in [3.05, 3.63) is 17.7 Å². The third kappa shape index (κ3) is 1.71. The fourth-order valence-corrected chi connectivity index (χ4v) is 2.39. The summed E-state index contributed by atoms with van der Waals surface area (Å²) in [5, 5.41) is 2.67. The highest BCUT2D eigenvalue weighted by molar-refractivity contribution is 6.19. The van der Waals surface area contributed by atoms with E-state index in [1.165, 1.54) is 0 Å². The number of carbonyl (C=O) groups excluding carboxylic acids is 2. The topological polar surface area (TPSA) is 107 Å². The Hall–Kier alpha value is -2.24. The van der Waals surface area contributed by atoms with E-state index >= 15 is 0 Å². The first kappa shape index (κ1) is 13.2. The zero-order valence-electron chi connectivity index (χ0n) is 10.9. The molecule has 1 aliphatic rings. The molecule has 1 heterocycles. The van der Waals surface area contributed by atoms with E-state index in [1.54, 1.807) is 26.0 Å². The number of nitrogens with one attached hydrogen (secondary N) is 1. The third-order valence-corrected chi connectivity index (χ3v) is 3.47. The van der Waals surface area contributed by atoms with Gasteiger partial charge in [-0.25, -0.2) is 0 Å². The van der Waals surface area contributed by atoms with Crippen LogP contribution in [-0.4, -0.2) is 18.5 Å². The summed E-state index contributed by atoms with van der Waals surface area (Å²) in [6.07, 6.45) is 0.300. The van der Waals surface area contributed by atoms with E-state index < -0.39 is 17.3 Å². The number of rotatable bonds is 3. The number of hydrogen-bond acceptors (Lipinski definition) is 5. The van der Waals surface area contributed by atoms with Crippen molar-refractivity contribution in [2.45, 2.75) is 25.7 Å². The van der Waals surface area contributed by atoms with E-state index in [0.717, 1.165) is 0 Å². The summed E-state index contributed by atoms with van der Waals surface area (Å²) in [6.45, 7) is 3.68. The van der Waals surface area contributed by atoms with Gasteiger partial charge in [-0.1, -0.05) is 6.92 Å². The zero-order valence-corrected chi connectivity index (χ0v) is 10.9. The molecule has 0 radical (unpaired) electrons. The number of amides is 1. The van der Waals surface area contributed by atoms with Crippen LogP contribution < -0.4 is 16.8 Å². The molecule has 19 heavy (non-hydrogen) atoms. The Balaban J connectivity index is 2.62. The van der Waals surface area contributed by atoms with Gasteiger partial charge in [-0.05, 0) is 25.5 Å². The smallest absolute Gasteiger partial charge is 0.326 e. The van der Waals surface area contributed by atoms with Gasteiger partial charge < -0.3 is 21.5 Å². The fraction of sp³-hybridized carbons (Fsp3) is 0.385. The number of nitrogens with two attached hydrogens (primary N) is 2. The number of hydrogen-bond donors (Lipinski definition) is 3. The van der Waals surface area contributed by atoms with Crippen LogP contribution in [0.25, 0.3) is 0 Å².